The van der Waals surface area contributed by atoms with Crippen LogP contribution in [0.25, 0.3) is 0 Å². The van der Waals surface area contributed by atoms with Crippen molar-refractivity contribution in [3.05, 3.63) is 11.6 Å². The molecule has 0 aromatic rings. The van der Waals surface area contributed by atoms with E-state index in [4.69, 9.17) is 0 Å². The first kappa shape index (κ1) is 13.3. The lowest BCUT2D eigenvalue weighted by Gasteiger charge is -2.55. The molecule has 0 aromatic heterocycles. The van der Waals surface area contributed by atoms with Gasteiger partial charge in [0.15, 0.2) is 0 Å². The summed E-state index contributed by atoms with van der Waals surface area (Å²) >= 11 is 0. The summed E-state index contributed by atoms with van der Waals surface area (Å²) in [6.07, 6.45) is 10.4. The van der Waals surface area contributed by atoms with Crippen molar-refractivity contribution < 1.29 is 0 Å². The van der Waals surface area contributed by atoms with Crippen LogP contribution in [0.3, 0.4) is 0 Å². The van der Waals surface area contributed by atoms with Gasteiger partial charge in [0, 0.05) is 32.7 Å². The Bertz CT molecular complexity index is 353. The molecule has 0 spiro atoms. The van der Waals surface area contributed by atoms with Gasteiger partial charge in [-0.2, -0.15) is 0 Å². The molecule has 4 aliphatic carbocycles. The average molecular weight is 274 g/mol. The highest BCUT2D eigenvalue weighted by atomic mass is 15.2. The van der Waals surface area contributed by atoms with Crippen molar-refractivity contribution in [3.8, 4) is 0 Å². The Morgan fingerprint density at radius 1 is 1.00 bits per heavy atom. The molecule has 4 bridgehead atoms. The second-order valence-corrected chi connectivity index (χ2v) is 7.96. The zero-order valence-corrected chi connectivity index (χ0v) is 13.0. The first-order chi connectivity index (χ1) is 9.79. The third kappa shape index (κ3) is 2.46. The van der Waals surface area contributed by atoms with Crippen molar-refractivity contribution >= 4 is 0 Å². The lowest BCUT2D eigenvalue weighted by molar-refractivity contribution is -0.0209. The minimum Gasteiger partial charge on any atom is -0.314 e. The minimum absolute atomic E-state index is 0.950. The number of allylic oxidation sites excluding steroid dienone is 1. The molecule has 0 atom stereocenters. The third-order valence-electron chi connectivity index (χ3n) is 6.63. The molecule has 0 radical (unpaired) electrons. The summed E-state index contributed by atoms with van der Waals surface area (Å²) in [5.74, 6) is 5.26. The fourth-order valence-corrected chi connectivity index (χ4v) is 5.97. The van der Waals surface area contributed by atoms with E-state index < -0.39 is 0 Å². The molecule has 2 heteroatoms. The summed E-state index contributed by atoms with van der Waals surface area (Å²) in [4.78, 5) is 2.61. The predicted molar refractivity (Wildman–Crippen MR) is 83.6 cm³/mol. The van der Waals surface area contributed by atoms with Crippen LogP contribution in [-0.4, -0.2) is 37.6 Å². The van der Waals surface area contributed by atoms with Crippen LogP contribution >= 0.6 is 0 Å². The number of hydrogen-bond acceptors (Lipinski definition) is 2. The fourth-order valence-electron chi connectivity index (χ4n) is 5.97. The Labute approximate surface area is 124 Å². The highest BCUT2D eigenvalue weighted by Crippen LogP contribution is 2.58. The topological polar surface area (TPSA) is 15.3 Å². The molecular formula is C18H30N2. The number of nitrogens with one attached hydrogen (secondary N) is 1. The average Bonchev–Trinajstić information content (AvgIpc) is 2.45. The van der Waals surface area contributed by atoms with Gasteiger partial charge >= 0.3 is 0 Å². The zero-order valence-electron chi connectivity index (χ0n) is 13.0. The normalized spacial score (nSPS) is 45.0. The van der Waals surface area contributed by atoms with E-state index in [1.54, 1.807) is 37.7 Å². The van der Waals surface area contributed by atoms with Crippen LogP contribution < -0.4 is 5.32 Å². The van der Waals surface area contributed by atoms with Crippen LogP contribution in [-0.2, 0) is 0 Å². The zero-order chi connectivity index (χ0) is 13.5. The molecule has 112 valence electrons. The quantitative estimate of drug-likeness (QED) is 0.796. The maximum absolute atomic E-state index is 3.45. The van der Waals surface area contributed by atoms with E-state index in [2.05, 4.69) is 23.2 Å². The molecule has 2 nitrogen and oxygen atoms in total. The molecule has 5 aliphatic rings. The lowest BCUT2D eigenvalue weighted by Crippen LogP contribution is -2.46. The van der Waals surface area contributed by atoms with Crippen LogP contribution in [0.1, 0.15) is 39.0 Å². The van der Waals surface area contributed by atoms with E-state index in [-0.39, 0.29) is 0 Å². The first-order valence-electron chi connectivity index (χ1n) is 8.89. The molecule has 0 amide bonds. The smallest absolute Gasteiger partial charge is 0.0166 e. The summed E-state index contributed by atoms with van der Waals surface area (Å²) in [7, 11) is 0. The summed E-state index contributed by atoms with van der Waals surface area (Å²) in [6, 6.07) is 0. The molecule has 1 N–H and O–H groups in total. The van der Waals surface area contributed by atoms with Gasteiger partial charge in [0.2, 0.25) is 0 Å². The van der Waals surface area contributed by atoms with Crippen LogP contribution in [0, 0.1) is 29.6 Å². The SMILES string of the molecule is C/C(=C\CN1CCNCC1)C1C2CC3CC(C2)CC1C3. The van der Waals surface area contributed by atoms with E-state index in [1.807, 2.05) is 0 Å². The number of nitrogens with zero attached hydrogens (tertiary/aromatic N) is 1. The van der Waals surface area contributed by atoms with Crippen LogP contribution in [0.5, 0.6) is 0 Å². The monoisotopic (exact) mass is 274 g/mol. The van der Waals surface area contributed by atoms with Crippen molar-refractivity contribution in [3.63, 3.8) is 0 Å². The van der Waals surface area contributed by atoms with Gasteiger partial charge in [-0.05, 0) is 68.6 Å². The molecule has 5 rings (SSSR count). The highest BCUT2D eigenvalue weighted by Gasteiger charge is 2.48. The van der Waals surface area contributed by atoms with Gasteiger partial charge in [0.05, 0.1) is 0 Å². The Balaban J connectivity index is 1.41. The molecule has 0 unspecified atom stereocenters. The predicted octanol–water partition coefficient (Wildman–Crippen LogP) is 2.91. The van der Waals surface area contributed by atoms with Crippen molar-refractivity contribution in [2.24, 2.45) is 29.6 Å². The van der Waals surface area contributed by atoms with Crippen molar-refractivity contribution in [2.45, 2.75) is 39.0 Å². The van der Waals surface area contributed by atoms with Crippen molar-refractivity contribution in [1.82, 2.24) is 10.2 Å². The molecule has 4 saturated carbocycles. The minimum atomic E-state index is 0.950. The maximum atomic E-state index is 3.45. The molecule has 1 aliphatic heterocycles. The molecule has 1 saturated heterocycles. The Morgan fingerprint density at radius 3 is 2.20 bits per heavy atom. The molecule has 1 heterocycles. The van der Waals surface area contributed by atoms with Gasteiger partial charge in [-0.1, -0.05) is 11.6 Å². The highest BCUT2D eigenvalue weighted by molar-refractivity contribution is 5.14. The summed E-state index contributed by atoms with van der Waals surface area (Å²) < 4.78 is 0. The second-order valence-electron chi connectivity index (χ2n) is 7.96. The van der Waals surface area contributed by atoms with Gasteiger partial charge < -0.3 is 5.32 Å². The Kier molecular flexibility index (Phi) is 3.64. The molecular weight excluding hydrogens is 244 g/mol. The standard InChI is InChI=1S/C18H30N2/c1-13(2-5-20-6-3-19-4-7-20)18-16-9-14-8-15(11-16)12-17(18)10-14/h2,14-19H,3-12H2,1H3/b13-2+. The van der Waals surface area contributed by atoms with Gasteiger partial charge in [-0.25, -0.2) is 0 Å². The van der Waals surface area contributed by atoms with Gasteiger partial charge in [-0.3, -0.25) is 4.90 Å². The lowest BCUT2D eigenvalue weighted by atomic mass is 9.50. The van der Waals surface area contributed by atoms with Gasteiger partial charge in [0.25, 0.3) is 0 Å². The Hall–Kier alpha value is -0.340. The first-order valence-corrected chi connectivity index (χ1v) is 8.89. The number of piperazine rings is 1. The number of hydrogen-bond donors (Lipinski definition) is 1. The van der Waals surface area contributed by atoms with E-state index >= 15 is 0 Å². The van der Waals surface area contributed by atoms with Crippen molar-refractivity contribution in [1.29, 1.82) is 0 Å². The largest absolute Gasteiger partial charge is 0.314 e. The van der Waals surface area contributed by atoms with Crippen molar-refractivity contribution in [2.75, 3.05) is 32.7 Å². The van der Waals surface area contributed by atoms with E-state index in [9.17, 15) is 0 Å². The van der Waals surface area contributed by atoms with E-state index in [1.165, 1.54) is 32.7 Å². The van der Waals surface area contributed by atoms with Gasteiger partial charge in [0.1, 0.15) is 0 Å². The molecule has 5 fully saturated rings. The summed E-state index contributed by atoms with van der Waals surface area (Å²) in [5.41, 5.74) is 1.73. The van der Waals surface area contributed by atoms with E-state index in [0.29, 0.717) is 0 Å². The third-order valence-corrected chi connectivity index (χ3v) is 6.63. The van der Waals surface area contributed by atoms with Gasteiger partial charge in [-0.15, -0.1) is 0 Å². The van der Waals surface area contributed by atoms with Crippen LogP contribution in [0.2, 0.25) is 0 Å². The Morgan fingerprint density at radius 2 is 1.60 bits per heavy atom. The number of rotatable bonds is 3. The van der Waals surface area contributed by atoms with Crippen LogP contribution in [0.4, 0.5) is 0 Å². The molecule has 20 heavy (non-hydrogen) atoms. The summed E-state index contributed by atoms with van der Waals surface area (Å²) in [6.45, 7) is 8.43. The maximum Gasteiger partial charge on any atom is 0.0166 e. The van der Waals surface area contributed by atoms with Crippen LogP contribution in [0.15, 0.2) is 11.6 Å². The molecule has 0 aromatic carbocycles. The second kappa shape index (κ2) is 5.46. The summed E-state index contributed by atoms with van der Waals surface area (Å²) in [5, 5.41) is 3.45. The van der Waals surface area contributed by atoms with E-state index in [0.717, 1.165) is 29.6 Å². The fraction of sp³-hybridized carbons (Fsp3) is 0.889.